The topological polar surface area (TPSA) is 94.6 Å². The minimum atomic E-state index is -0.547. The lowest BCUT2D eigenvalue weighted by Crippen LogP contribution is -2.42. The average Bonchev–Trinajstić information content (AvgIpc) is 2.74. The quantitative estimate of drug-likeness (QED) is 0.189. The van der Waals surface area contributed by atoms with Crippen LogP contribution in [-0.2, 0) is 4.79 Å². The van der Waals surface area contributed by atoms with E-state index in [2.05, 4.69) is 26.3 Å². The first-order valence-corrected chi connectivity index (χ1v) is 10.0. The van der Waals surface area contributed by atoms with Crippen LogP contribution in [-0.4, -0.2) is 44.0 Å². The Morgan fingerprint density at radius 1 is 1.10 bits per heavy atom. The number of halogens is 2. The molecule has 31 heavy (non-hydrogen) atoms. The molecule has 2 aromatic rings. The molecule has 0 bridgehead atoms. The zero-order chi connectivity index (χ0) is 21.3. The molecule has 0 aromatic heterocycles. The number of anilines is 1. The standard InChI is InChI=1S/C22H26FN5O2.HI/c1-2-24-22(26-12-11-25-21(30)17-8-3-5-9-18(17)23)27-14-15-13-20(29)28-19-10-6-4-7-16(15)19;/h3-10,15H,2,11-14H2,1H3,(H,25,30)(H,28,29)(H2,24,26,27);1H. The Morgan fingerprint density at radius 3 is 2.58 bits per heavy atom. The van der Waals surface area contributed by atoms with E-state index in [4.69, 9.17) is 0 Å². The number of hydrogen-bond acceptors (Lipinski definition) is 3. The summed E-state index contributed by atoms with van der Waals surface area (Å²) in [4.78, 5) is 28.6. The first-order valence-electron chi connectivity index (χ1n) is 10.0. The van der Waals surface area contributed by atoms with Gasteiger partial charge in [-0.2, -0.15) is 0 Å². The third-order valence-corrected chi connectivity index (χ3v) is 4.74. The molecule has 1 aliphatic heterocycles. The lowest BCUT2D eigenvalue weighted by molar-refractivity contribution is -0.116. The van der Waals surface area contributed by atoms with Crippen LogP contribution in [0.15, 0.2) is 53.5 Å². The van der Waals surface area contributed by atoms with Crippen molar-refractivity contribution in [2.75, 3.05) is 31.5 Å². The fourth-order valence-electron chi connectivity index (χ4n) is 3.31. The molecule has 0 aliphatic carbocycles. The molecule has 2 aromatic carbocycles. The van der Waals surface area contributed by atoms with Crippen molar-refractivity contribution < 1.29 is 14.0 Å². The van der Waals surface area contributed by atoms with E-state index in [0.717, 1.165) is 11.3 Å². The van der Waals surface area contributed by atoms with Gasteiger partial charge in [-0.05, 0) is 30.7 Å². The van der Waals surface area contributed by atoms with Crippen LogP contribution in [0.2, 0.25) is 0 Å². The molecular weight excluding hydrogens is 512 g/mol. The normalized spacial score (nSPS) is 15.2. The Balaban J connectivity index is 0.00000341. The van der Waals surface area contributed by atoms with Gasteiger partial charge in [0.05, 0.1) is 12.1 Å². The van der Waals surface area contributed by atoms with Crippen LogP contribution >= 0.6 is 24.0 Å². The van der Waals surface area contributed by atoms with Gasteiger partial charge in [0.2, 0.25) is 5.91 Å². The molecule has 1 atom stereocenters. The van der Waals surface area contributed by atoms with Crippen molar-refractivity contribution in [2.45, 2.75) is 19.3 Å². The largest absolute Gasteiger partial charge is 0.357 e. The number of benzene rings is 2. The molecular formula is C22H27FIN5O2. The number of aliphatic imine (C=N–C) groups is 1. The van der Waals surface area contributed by atoms with Crippen LogP contribution in [0.1, 0.15) is 35.2 Å². The Hall–Kier alpha value is -2.69. The molecule has 7 nitrogen and oxygen atoms in total. The first-order chi connectivity index (χ1) is 14.6. The lowest BCUT2D eigenvalue weighted by Gasteiger charge is -2.24. The van der Waals surface area contributed by atoms with Gasteiger partial charge >= 0.3 is 0 Å². The van der Waals surface area contributed by atoms with Crippen LogP contribution < -0.4 is 21.3 Å². The fraction of sp³-hybridized carbons (Fsp3) is 0.318. The van der Waals surface area contributed by atoms with Gasteiger partial charge < -0.3 is 21.3 Å². The van der Waals surface area contributed by atoms with Gasteiger partial charge in [0.15, 0.2) is 5.96 Å². The van der Waals surface area contributed by atoms with Crippen molar-refractivity contribution in [2.24, 2.45) is 4.99 Å². The van der Waals surface area contributed by atoms with Gasteiger partial charge in [-0.15, -0.1) is 24.0 Å². The van der Waals surface area contributed by atoms with Crippen LogP contribution in [0.4, 0.5) is 10.1 Å². The van der Waals surface area contributed by atoms with Crippen LogP contribution in [0.3, 0.4) is 0 Å². The summed E-state index contributed by atoms with van der Waals surface area (Å²) >= 11 is 0. The van der Waals surface area contributed by atoms with E-state index < -0.39 is 11.7 Å². The number of nitrogens with one attached hydrogen (secondary N) is 4. The number of carbonyl (C=O) groups is 2. The molecule has 4 N–H and O–H groups in total. The van der Waals surface area contributed by atoms with Crippen molar-refractivity contribution in [3.05, 3.63) is 65.5 Å². The molecule has 9 heteroatoms. The summed E-state index contributed by atoms with van der Waals surface area (Å²) in [7, 11) is 0. The summed E-state index contributed by atoms with van der Waals surface area (Å²) in [5.41, 5.74) is 1.93. The Morgan fingerprint density at radius 2 is 1.81 bits per heavy atom. The number of carbonyl (C=O) groups excluding carboxylic acids is 2. The maximum Gasteiger partial charge on any atom is 0.254 e. The molecule has 2 amide bonds. The van der Waals surface area contributed by atoms with Crippen molar-refractivity contribution in [1.82, 2.24) is 16.0 Å². The number of para-hydroxylation sites is 1. The average molecular weight is 539 g/mol. The van der Waals surface area contributed by atoms with E-state index >= 15 is 0 Å². The van der Waals surface area contributed by atoms with Gasteiger partial charge in [-0.25, -0.2) is 4.39 Å². The van der Waals surface area contributed by atoms with Gasteiger partial charge in [0.1, 0.15) is 5.82 Å². The van der Waals surface area contributed by atoms with E-state index in [0.29, 0.717) is 38.6 Å². The summed E-state index contributed by atoms with van der Waals surface area (Å²) in [5.74, 6) is -0.411. The van der Waals surface area contributed by atoms with Crippen molar-refractivity contribution in [3.63, 3.8) is 0 Å². The first kappa shape index (κ1) is 24.6. The van der Waals surface area contributed by atoms with Crippen LogP contribution in [0, 0.1) is 5.82 Å². The molecule has 1 heterocycles. The summed E-state index contributed by atoms with van der Waals surface area (Å²) < 4.78 is 13.7. The highest BCUT2D eigenvalue weighted by Gasteiger charge is 2.24. The second-order valence-corrected chi connectivity index (χ2v) is 6.92. The Bertz CT molecular complexity index is 938. The second-order valence-electron chi connectivity index (χ2n) is 6.92. The Kier molecular flexibility index (Phi) is 9.70. The number of rotatable bonds is 7. The SMILES string of the molecule is CCNC(=NCC1CC(=O)Nc2ccccc21)NCCNC(=O)c1ccccc1F.I. The zero-order valence-corrected chi connectivity index (χ0v) is 19.6. The monoisotopic (exact) mass is 539 g/mol. The molecule has 0 spiro atoms. The Labute approximate surface area is 198 Å². The molecule has 0 fully saturated rings. The van der Waals surface area contributed by atoms with E-state index in [-0.39, 0.29) is 41.4 Å². The van der Waals surface area contributed by atoms with E-state index in [9.17, 15) is 14.0 Å². The van der Waals surface area contributed by atoms with Crippen LogP contribution in [0.5, 0.6) is 0 Å². The van der Waals surface area contributed by atoms with Gasteiger partial charge in [-0.3, -0.25) is 14.6 Å². The molecule has 0 radical (unpaired) electrons. The second kappa shape index (κ2) is 12.2. The number of fused-ring (bicyclic) bond motifs is 1. The molecule has 166 valence electrons. The smallest absolute Gasteiger partial charge is 0.254 e. The number of amides is 2. The van der Waals surface area contributed by atoms with Crippen molar-refractivity contribution in [1.29, 1.82) is 0 Å². The highest BCUT2D eigenvalue weighted by molar-refractivity contribution is 14.0. The number of nitrogens with zero attached hydrogens (tertiary/aromatic N) is 1. The summed E-state index contributed by atoms with van der Waals surface area (Å²) in [5, 5.41) is 11.9. The van der Waals surface area contributed by atoms with Gasteiger partial charge in [0.25, 0.3) is 5.91 Å². The predicted molar refractivity (Wildman–Crippen MR) is 131 cm³/mol. The number of guanidine groups is 1. The third-order valence-electron chi connectivity index (χ3n) is 4.74. The van der Waals surface area contributed by atoms with Crippen molar-refractivity contribution >= 4 is 47.4 Å². The molecule has 1 aliphatic rings. The molecule has 0 saturated carbocycles. The van der Waals surface area contributed by atoms with E-state index in [1.54, 1.807) is 12.1 Å². The lowest BCUT2D eigenvalue weighted by atomic mass is 9.91. The molecule has 1 unspecified atom stereocenters. The fourth-order valence-corrected chi connectivity index (χ4v) is 3.31. The predicted octanol–water partition coefficient (Wildman–Crippen LogP) is 2.85. The van der Waals surface area contributed by atoms with Crippen LogP contribution in [0.25, 0.3) is 0 Å². The number of hydrogen-bond donors (Lipinski definition) is 4. The summed E-state index contributed by atoms with van der Waals surface area (Å²) in [6.07, 6.45) is 0.388. The minimum absolute atomic E-state index is 0. The van der Waals surface area contributed by atoms with E-state index in [1.165, 1.54) is 12.1 Å². The maximum atomic E-state index is 13.7. The zero-order valence-electron chi connectivity index (χ0n) is 17.3. The van der Waals surface area contributed by atoms with Gasteiger partial charge in [-0.1, -0.05) is 30.3 Å². The highest BCUT2D eigenvalue weighted by atomic mass is 127. The van der Waals surface area contributed by atoms with Crippen molar-refractivity contribution in [3.8, 4) is 0 Å². The van der Waals surface area contributed by atoms with Gasteiger partial charge in [0, 0.05) is 37.7 Å². The third kappa shape index (κ3) is 6.91. The molecule has 3 rings (SSSR count). The molecule has 0 saturated heterocycles. The maximum absolute atomic E-state index is 13.7. The summed E-state index contributed by atoms with van der Waals surface area (Å²) in [6.45, 7) is 3.83. The minimum Gasteiger partial charge on any atom is -0.357 e. The summed E-state index contributed by atoms with van der Waals surface area (Å²) in [6, 6.07) is 13.6. The van der Waals surface area contributed by atoms with E-state index in [1.807, 2.05) is 31.2 Å². The highest BCUT2D eigenvalue weighted by Crippen LogP contribution is 2.31.